The van der Waals surface area contributed by atoms with Gasteiger partial charge in [0.05, 0.1) is 31.9 Å². The predicted octanol–water partition coefficient (Wildman–Crippen LogP) is 5.57. The maximum absolute atomic E-state index is 13.4. The molecule has 0 atom stereocenters. The number of hydrogen-bond acceptors (Lipinski definition) is 7. The van der Waals surface area contributed by atoms with Gasteiger partial charge in [-0.25, -0.2) is 9.98 Å². The van der Waals surface area contributed by atoms with Gasteiger partial charge in [0.2, 0.25) is 5.75 Å². The van der Waals surface area contributed by atoms with Crippen LogP contribution in [-0.4, -0.2) is 37.4 Å². The lowest BCUT2D eigenvalue weighted by atomic mass is 10.1. The van der Waals surface area contributed by atoms with E-state index in [4.69, 9.17) is 25.8 Å². The van der Waals surface area contributed by atoms with Crippen LogP contribution in [0.4, 0.5) is 11.4 Å². The smallest absolute Gasteiger partial charge is 0.271 e. The van der Waals surface area contributed by atoms with Crippen LogP contribution in [0, 0.1) is 0 Å². The molecule has 33 heavy (non-hydrogen) atoms. The molecule has 0 saturated carbocycles. The van der Waals surface area contributed by atoms with E-state index >= 15 is 0 Å². The standard InChI is InChI=1S/C24H20ClN3O4S/c1-30-18-12-15(13-19(31-2)21(18)32-3)14-20-23(29)28(16-8-5-4-6-9-16)24(33-20)27-17-10-7-11-26-22(17)25/h4-14H,1-3H3/b20-14-,27-24?. The first-order chi connectivity index (χ1) is 16.0. The molecule has 0 unspecified atom stereocenters. The number of thioether (sulfide) groups is 1. The van der Waals surface area contributed by atoms with E-state index in [1.54, 1.807) is 62.8 Å². The van der Waals surface area contributed by atoms with Gasteiger partial charge in [0.25, 0.3) is 5.91 Å². The SMILES string of the molecule is COc1cc(/C=C2\SC(=Nc3cccnc3Cl)N(c3ccccc3)C2=O)cc(OC)c1OC. The fourth-order valence-corrected chi connectivity index (χ4v) is 4.41. The lowest BCUT2D eigenvalue weighted by molar-refractivity contribution is -0.113. The van der Waals surface area contributed by atoms with Crippen molar-refractivity contribution < 1.29 is 19.0 Å². The Morgan fingerprint density at radius 1 is 1.00 bits per heavy atom. The Labute approximate surface area is 200 Å². The Morgan fingerprint density at radius 2 is 1.70 bits per heavy atom. The number of halogens is 1. The van der Waals surface area contributed by atoms with Gasteiger partial charge in [0.1, 0.15) is 5.69 Å². The van der Waals surface area contributed by atoms with Crippen LogP contribution in [0.1, 0.15) is 5.56 Å². The summed E-state index contributed by atoms with van der Waals surface area (Å²) in [5.41, 5.74) is 1.89. The number of amides is 1. The minimum Gasteiger partial charge on any atom is -0.493 e. The van der Waals surface area contributed by atoms with Crippen LogP contribution >= 0.6 is 23.4 Å². The molecule has 1 fully saturated rings. The molecule has 1 aliphatic rings. The summed E-state index contributed by atoms with van der Waals surface area (Å²) in [7, 11) is 4.63. The number of carbonyl (C=O) groups is 1. The Hall–Kier alpha value is -3.49. The lowest BCUT2D eigenvalue weighted by Crippen LogP contribution is -2.28. The number of aliphatic imine (C=N–C) groups is 1. The van der Waals surface area contributed by atoms with Crippen molar-refractivity contribution in [2.75, 3.05) is 26.2 Å². The number of anilines is 1. The van der Waals surface area contributed by atoms with Gasteiger partial charge < -0.3 is 14.2 Å². The van der Waals surface area contributed by atoms with Gasteiger partial charge in [-0.15, -0.1) is 0 Å². The number of aromatic nitrogens is 1. The molecule has 7 nitrogen and oxygen atoms in total. The summed E-state index contributed by atoms with van der Waals surface area (Å²) >= 11 is 7.45. The molecule has 168 valence electrons. The van der Waals surface area contributed by atoms with E-state index < -0.39 is 0 Å². The van der Waals surface area contributed by atoms with Crippen molar-refractivity contribution in [1.29, 1.82) is 0 Å². The number of amidine groups is 1. The summed E-state index contributed by atoms with van der Waals surface area (Å²) in [4.78, 5) is 24.2. The van der Waals surface area contributed by atoms with Gasteiger partial charge in [-0.2, -0.15) is 0 Å². The molecule has 4 rings (SSSR count). The number of rotatable bonds is 6. The number of para-hydroxylation sites is 1. The van der Waals surface area contributed by atoms with E-state index in [0.29, 0.717) is 44.3 Å². The van der Waals surface area contributed by atoms with Gasteiger partial charge in [-0.05, 0) is 59.8 Å². The molecule has 1 saturated heterocycles. The van der Waals surface area contributed by atoms with Gasteiger partial charge in [-0.1, -0.05) is 29.8 Å². The number of ether oxygens (including phenoxy) is 3. The number of carbonyl (C=O) groups excluding carboxylic acids is 1. The number of hydrogen-bond donors (Lipinski definition) is 0. The Morgan fingerprint density at radius 3 is 2.30 bits per heavy atom. The van der Waals surface area contributed by atoms with Crippen molar-refractivity contribution in [2.24, 2.45) is 4.99 Å². The molecule has 3 aromatic rings. The summed E-state index contributed by atoms with van der Waals surface area (Å²) in [6, 6.07) is 16.4. The second-order valence-electron chi connectivity index (χ2n) is 6.75. The molecule has 9 heteroatoms. The molecule has 0 spiro atoms. The van der Waals surface area contributed by atoms with Crippen molar-refractivity contribution in [3.8, 4) is 17.2 Å². The normalized spacial score (nSPS) is 15.9. The summed E-state index contributed by atoms with van der Waals surface area (Å²) < 4.78 is 16.3. The van der Waals surface area contributed by atoms with Crippen LogP contribution in [0.2, 0.25) is 5.15 Å². The van der Waals surface area contributed by atoms with Gasteiger partial charge in [0, 0.05) is 6.20 Å². The third kappa shape index (κ3) is 4.67. The Balaban J connectivity index is 1.80. The third-order valence-electron chi connectivity index (χ3n) is 4.76. The van der Waals surface area contributed by atoms with Crippen LogP contribution < -0.4 is 19.1 Å². The summed E-state index contributed by atoms with van der Waals surface area (Å²) in [5.74, 6) is 1.26. The highest BCUT2D eigenvalue weighted by molar-refractivity contribution is 8.19. The minimum atomic E-state index is -0.210. The highest BCUT2D eigenvalue weighted by Crippen LogP contribution is 2.41. The van der Waals surface area contributed by atoms with Crippen molar-refractivity contribution >= 4 is 51.9 Å². The Kier molecular flexibility index (Phi) is 6.86. The number of methoxy groups -OCH3 is 3. The quantitative estimate of drug-likeness (QED) is 0.338. The van der Waals surface area contributed by atoms with Crippen LogP contribution in [0.5, 0.6) is 17.2 Å². The summed E-state index contributed by atoms with van der Waals surface area (Å²) in [6.45, 7) is 0. The molecule has 2 aromatic carbocycles. The van der Waals surface area contributed by atoms with Gasteiger partial charge in [-0.3, -0.25) is 9.69 Å². The summed E-state index contributed by atoms with van der Waals surface area (Å²) in [5, 5.41) is 0.730. The van der Waals surface area contributed by atoms with Gasteiger partial charge in [0.15, 0.2) is 21.8 Å². The largest absolute Gasteiger partial charge is 0.493 e. The molecule has 2 heterocycles. The van der Waals surface area contributed by atoms with Crippen LogP contribution in [-0.2, 0) is 4.79 Å². The molecule has 1 aliphatic heterocycles. The average Bonchev–Trinajstić information content (AvgIpc) is 3.14. The average molecular weight is 482 g/mol. The maximum Gasteiger partial charge on any atom is 0.271 e. The molecule has 1 amide bonds. The zero-order chi connectivity index (χ0) is 23.4. The third-order valence-corrected chi connectivity index (χ3v) is 6.02. The molecule has 0 radical (unpaired) electrons. The lowest BCUT2D eigenvalue weighted by Gasteiger charge is -2.15. The molecule has 0 aliphatic carbocycles. The number of benzene rings is 2. The highest BCUT2D eigenvalue weighted by Gasteiger charge is 2.35. The highest BCUT2D eigenvalue weighted by atomic mass is 35.5. The first-order valence-electron chi connectivity index (χ1n) is 9.84. The number of pyridine rings is 1. The van der Waals surface area contributed by atoms with E-state index in [9.17, 15) is 4.79 Å². The van der Waals surface area contributed by atoms with Crippen molar-refractivity contribution in [3.05, 3.63) is 76.4 Å². The zero-order valence-electron chi connectivity index (χ0n) is 18.1. The predicted molar refractivity (Wildman–Crippen MR) is 132 cm³/mol. The van der Waals surface area contributed by atoms with Crippen molar-refractivity contribution in [1.82, 2.24) is 4.98 Å². The molecule has 0 N–H and O–H groups in total. The summed E-state index contributed by atoms with van der Waals surface area (Å²) in [6.07, 6.45) is 3.35. The fraction of sp³-hybridized carbons (Fsp3) is 0.125. The Bertz CT molecular complexity index is 1220. The minimum absolute atomic E-state index is 0.210. The first kappa shape index (κ1) is 22.7. The van der Waals surface area contributed by atoms with E-state index in [1.165, 1.54) is 11.8 Å². The first-order valence-corrected chi connectivity index (χ1v) is 11.0. The number of nitrogens with zero attached hydrogens (tertiary/aromatic N) is 3. The fourth-order valence-electron chi connectivity index (χ4n) is 3.25. The van der Waals surface area contributed by atoms with Crippen LogP contribution in [0.25, 0.3) is 6.08 Å². The molecular formula is C24H20ClN3O4S. The topological polar surface area (TPSA) is 73.3 Å². The second kappa shape index (κ2) is 9.97. The zero-order valence-corrected chi connectivity index (χ0v) is 19.7. The molecule has 0 bridgehead atoms. The monoisotopic (exact) mass is 481 g/mol. The van der Waals surface area contributed by atoms with Crippen LogP contribution in [0.15, 0.2) is 70.7 Å². The maximum atomic E-state index is 13.4. The molecular weight excluding hydrogens is 462 g/mol. The van der Waals surface area contributed by atoms with Crippen molar-refractivity contribution in [3.63, 3.8) is 0 Å². The van der Waals surface area contributed by atoms with E-state index in [0.717, 1.165) is 0 Å². The van der Waals surface area contributed by atoms with E-state index in [-0.39, 0.29) is 11.1 Å². The van der Waals surface area contributed by atoms with E-state index in [2.05, 4.69) is 9.98 Å². The van der Waals surface area contributed by atoms with E-state index in [1.807, 2.05) is 30.3 Å². The van der Waals surface area contributed by atoms with Crippen molar-refractivity contribution in [2.45, 2.75) is 0 Å². The second-order valence-corrected chi connectivity index (χ2v) is 8.12. The van der Waals surface area contributed by atoms with Crippen LogP contribution in [0.3, 0.4) is 0 Å². The molecule has 1 aromatic heterocycles. The van der Waals surface area contributed by atoms with Gasteiger partial charge >= 0.3 is 0 Å².